The third-order valence-electron chi connectivity index (χ3n) is 1.64. The fourth-order valence-electron chi connectivity index (χ4n) is 0.996. The molecule has 0 aliphatic rings. The maximum absolute atomic E-state index is 10.8. The molecule has 0 amide bonds. The lowest BCUT2D eigenvalue weighted by Gasteiger charge is -2.01. The maximum atomic E-state index is 10.8. The summed E-state index contributed by atoms with van der Waals surface area (Å²) in [6.45, 7) is 0. The predicted molar refractivity (Wildman–Crippen MR) is 60.9 cm³/mol. The highest BCUT2D eigenvalue weighted by Crippen LogP contribution is 2.32. The van der Waals surface area contributed by atoms with Crippen LogP contribution in [0.5, 0.6) is 0 Å². The Balaban J connectivity index is 2.34. The van der Waals surface area contributed by atoms with Crippen LogP contribution >= 0.6 is 34.9 Å². The Morgan fingerprint density at radius 3 is 3.00 bits per heavy atom. The van der Waals surface area contributed by atoms with E-state index in [1.807, 2.05) is 0 Å². The molecule has 1 aromatic carbocycles. The van der Waals surface area contributed by atoms with Crippen molar-refractivity contribution in [2.75, 3.05) is 0 Å². The number of aldehydes is 1. The van der Waals surface area contributed by atoms with Crippen LogP contribution in [0.1, 0.15) is 10.4 Å². The Morgan fingerprint density at radius 2 is 2.33 bits per heavy atom. The highest BCUT2D eigenvalue weighted by atomic mass is 35.5. The number of nitrogens with zero attached hydrogens (tertiary/aromatic N) is 2. The molecule has 0 N–H and O–H groups in total. The molecule has 0 saturated carbocycles. The van der Waals surface area contributed by atoms with E-state index in [1.165, 1.54) is 29.6 Å². The molecule has 0 spiro atoms. The van der Waals surface area contributed by atoms with Gasteiger partial charge in [-0.05, 0) is 29.7 Å². The first-order chi connectivity index (χ1) is 7.29. The predicted octanol–water partition coefficient (Wildman–Crippen LogP) is 3.16. The van der Waals surface area contributed by atoms with Gasteiger partial charge in [-0.25, -0.2) is 4.98 Å². The molecule has 2 rings (SSSR count). The van der Waals surface area contributed by atoms with Crippen molar-refractivity contribution in [1.29, 1.82) is 0 Å². The van der Waals surface area contributed by atoms with E-state index in [0.29, 0.717) is 10.6 Å². The van der Waals surface area contributed by atoms with Gasteiger partial charge in [0.15, 0.2) is 10.6 Å². The van der Waals surface area contributed by atoms with E-state index in [-0.39, 0.29) is 0 Å². The summed E-state index contributed by atoms with van der Waals surface area (Å²) in [5, 5.41) is 0.604. The summed E-state index contributed by atoms with van der Waals surface area (Å²) in [5.41, 5.74) is 0.611. The van der Waals surface area contributed by atoms with Crippen molar-refractivity contribution < 1.29 is 4.79 Å². The van der Waals surface area contributed by atoms with Gasteiger partial charge in [0.05, 0.1) is 0 Å². The SMILES string of the molecule is O=Cc1ccc(Cl)cc1Sc1ncns1. The Kier molecular flexibility index (Phi) is 3.35. The van der Waals surface area contributed by atoms with Gasteiger partial charge in [0.2, 0.25) is 0 Å². The van der Waals surface area contributed by atoms with Crippen molar-refractivity contribution in [3.05, 3.63) is 35.1 Å². The summed E-state index contributed by atoms with van der Waals surface area (Å²) in [4.78, 5) is 15.6. The molecule has 0 fully saturated rings. The van der Waals surface area contributed by atoms with Gasteiger partial charge in [-0.2, -0.15) is 4.37 Å². The van der Waals surface area contributed by atoms with Gasteiger partial charge in [0.25, 0.3) is 0 Å². The molecule has 2 aromatic rings. The van der Waals surface area contributed by atoms with E-state index in [4.69, 9.17) is 11.6 Å². The van der Waals surface area contributed by atoms with E-state index in [2.05, 4.69) is 9.36 Å². The fourth-order valence-corrected chi connectivity index (χ4v) is 2.77. The van der Waals surface area contributed by atoms with Gasteiger partial charge < -0.3 is 0 Å². The van der Waals surface area contributed by atoms with E-state index >= 15 is 0 Å². The van der Waals surface area contributed by atoms with Gasteiger partial charge in [-0.15, -0.1) is 0 Å². The standard InChI is InChI=1S/C9H5ClN2OS2/c10-7-2-1-6(4-13)8(3-7)14-9-11-5-12-15-9/h1-5H. The molecule has 0 saturated heterocycles. The lowest BCUT2D eigenvalue weighted by Crippen LogP contribution is -1.84. The number of halogens is 1. The summed E-state index contributed by atoms with van der Waals surface area (Å²) in [6, 6.07) is 5.13. The highest BCUT2D eigenvalue weighted by molar-refractivity contribution is 8.01. The van der Waals surface area contributed by atoms with Crippen LogP contribution in [0.15, 0.2) is 33.8 Å². The minimum absolute atomic E-state index is 0.604. The second-order valence-corrected chi connectivity index (χ2v) is 5.11. The number of hydrogen-bond acceptors (Lipinski definition) is 5. The molecular formula is C9H5ClN2OS2. The molecule has 0 aliphatic heterocycles. The van der Waals surface area contributed by atoms with Crippen molar-refractivity contribution in [3.8, 4) is 0 Å². The zero-order valence-electron chi connectivity index (χ0n) is 7.38. The van der Waals surface area contributed by atoms with Crippen molar-refractivity contribution in [3.63, 3.8) is 0 Å². The normalized spacial score (nSPS) is 10.2. The average molecular weight is 257 g/mol. The molecule has 0 radical (unpaired) electrons. The second kappa shape index (κ2) is 4.74. The molecule has 0 unspecified atom stereocenters. The first-order valence-corrected chi connectivity index (χ1v) is 5.95. The van der Waals surface area contributed by atoms with Crippen LogP contribution < -0.4 is 0 Å². The van der Waals surface area contributed by atoms with Gasteiger partial charge in [-0.3, -0.25) is 4.79 Å². The van der Waals surface area contributed by atoms with E-state index in [9.17, 15) is 4.79 Å². The number of carbonyl (C=O) groups excluding carboxylic acids is 1. The number of carbonyl (C=O) groups is 1. The molecule has 15 heavy (non-hydrogen) atoms. The highest BCUT2D eigenvalue weighted by Gasteiger charge is 2.06. The van der Waals surface area contributed by atoms with Crippen LogP contribution in [0, 0.1) is 0 Å². The van der Waals surface area contributed by atoms with Crippen LogP contribution in [0.25, 0.3) is 0 Å². The van der Waals surface area contributed by atoms with Crippen LogP contribution in [-0.4, -0.2) is 15.6 Å². The first-order valence-electron chi connectivity index (χ1n) is 3.99. The molecule has 1 heterocycles. The molecule has 0 atom stereocenters. The van der Waals surface area contributed by atoms with Crippen LogP contribution in [0.4, 0.5) is 0 Å². The van der Waals surface area contributed by atoms with E-state index in [1.54, 1.807) is 18.2 Å². The van der Waals surface area contributed by atoms with Gasteiger partial charge in [-0.1, -0.05) is 23.4 Å². The lowest BCUT2D eigenvalue weighted by atomic mass is 10.2. The average Bonchev–Trinajstić information content (AvgIpc) is 2.71. The van der Waals surface area contributed by atoms with Gasteiger partial charge in [0.1, 0.15) is 6.33 Å². The Bertz CT molecular complexity index is 473. The summed E-state index contributed by atoms with van der Waals surface area (Å²) in [7, 11) is 0. The minimum atomic E-state index is 0.604. The number of aromatic nitrogens is 2. The van der Waals surface area contributed by atoms with Gasteiger partial charge in [0, 0.05) is 15.5 Å². The molecule has 0 bridgehead atoms. The largest absolute Gasteiger partial charge is 0.298 e. The van der Waals surface area contributed by atoms with E-state index in [0.717, 1.165) is 15.5 Å². The van der Waals surface area contributed by atoms with Crippen molar-refractivity contribution in [2.45, 2.75) is 9.24 Å². The van der Waals surface area contributed by atoms with Crippen molar-refractivity contribution in [2.24, 2.45) is 0 Å². The number of hydrogen-bond donors (Lipinski definition) is 0. The maximum Gasteiger partial charge on any atom is 0.174 e. The zero-order chi connectivity index (χ0) is 10.7. The molecule has 76 valence electrons. The molecular weight excluding hydrogens is 252 g/mol. The fraction of sp³-hybridized carbons (Fsp3) is 0. The van der Waals surface area contributed by atoms with Crippen LogP contribution in [0.3, 0.4) is 0 Å². The summed E-state index contributed by atoms with van der Waals surface area (Å²) in [6.07, 6.45) is 2.29. The van der Waals surface area contributed by atoms with Crippen molar-refractivity contribution in [1.82, 2.24) is 9.36 Å². The molecule has 1 aromatic heterocycles. The second-order valence-electron chi connectivity index (χ2n) is 2.61. The number of benzene rings is 1. The summed E-state index contributed by atoms with van der Waals surface area (Å²) >= 11 is 8.53. The van der Waals surface area contributed by atoms with E-state index < -0.39 is 0 Å². The third-order valence-corrected chi connectivity index (χ3v) is 3.66. The Hall–Kier alpha value is -0.910. The zero-order valence-corrected chi connectivity index (χ0v) is 9.77. The summed E-state index contributed by atoms with van der Waals surface area (Å²) < 4.78 is 4.68. The van der Waals surface area contributed by atoms with Crippen molar-refractivity contribution >= 4 is 41.2 Å². The monoisotopic (exact) mass is 256 g/mol. The van der Waals surface area contributed by atoms with Gasteiger partial charge >= 0.3 is 0 Å². The smallest absolute Gasteiger partial charge is 0.174 e. The summed E-state index contributed by atoms with van der Waals surface area (Å²) in [5.74, 6) is 0. The first kappa shape index (κ1) is 10.6. The Morgan fingerprint density at radius 1 is 1.47 bits per heavy atom. The third kappa shape index (κ3) is 2.56. The Labute approximate surface area is 99.7 Å². The van der Waals surface area contributed by atoms with Crippen LogP contribution in [-0.2, 0) is 0 Å². The topological polar surface area (TPSA) is 42.9 Å². The lowest BCUT2D eigenvalue weighted by molar-refractivity contribution is 0.112. The minimum Gasteiger partial charge on any atom is -0.298 e. The molecule has 6 heteroatoms. The molecule has 3 nitrogen and oxygen atoms in total. The van der Waals surface area contributed by atoms with Crippen LogP contribution in [0.2, 0.25) is 5.02 Å². The number of rotatable bonds is 3. The quantitative estimate of drug-likeness (QED) is 0.792. The molecule has 0 aliphatic carbocycles.